The fourth-order valence-corrected chi connectivity index (χ4v) is 4.36. The third kappa shape index (κ3) is 3.50. The number of hydrogen-bond donors (Lipinski definition) is 1. The van der Waals surface area contributed by atoms with Gasteiger partial charge in [0.25, 0.3) is 0 Å². The number of aryl methyl sites for hydroxylation is 1. The number of sulfonamides is 1. The second kappa shape index (κ2) is 5.64. The summed E-state index contributed by atoms with van der Waals surface area (Å²) in [4.78, 5) is 5.05. The van der Waals surface area contributed by atoms with Gasteiger partial charge in [0.15, 0.2) is 0 Å². The minimum Gasteiger partial charge on any atom is -0.378 e. The van der Waals surface area contributed by atoms with Crippen molar-refractivity contribution in [3.63, 3.8) is 0 Å². The van der Waals surface area contributed by atoms with Crippen LogP contribution in [0.5, 0.6) is 0 Å². The Morgan fingerprint density at radius 3 is 3.00 bits per heavy atom. The molecule has 1 aliphatic rings. The third-order valence-electron chi connectivity index (χ3n) is 2.99. The molecule has 1 aliphatic heterocycles. The summed E-state index contributed by atoms with van der Waals surface area (Å²) in [7, 11) is -3.26. The summed E-state index contributed by atoms with van der Waals surface area (Å²) in [6.07, 6.45) is 2.87. The summed E-state index contributed by atoms with van der Waals surface area (Å²) < 4.78 is 32.3. The zero-order valence-corrected chi connectivity index (χ0v) is 12.2. The predicted molar refractivity (Wildman–Crippen MR) is 71.0 cm³/mol. The van der Waals surface area contributed by atoms with E-state index in [9.17, 15) is 8.42 Å². The summed E-state index contributed by atoms with van der Waals surface area (Å²) in [5.41, 5.74) is 0. The van der Waals surface area contributed by atoms with Crippen LogP contribution in [0.2, 0.25) is 0 Å². The first-order valence-electron chi connectivity index (χ1n) is 5.99. The van der Waals surface area contributed by atoms with E-state index in [0.717, 1.165) is 9.88 Å². The quantitative estimate of drug-likeness (QED) is 0.911. The molecule has 0 amide bonds. The summed E-state index contributed by atoms with van der Waals surface area (Å²) in [5, 5.41) is 0.610. The van der Waals surface area contributed by atoms with Crippen LogP contribution < -0.4 is 4.72 Å². The van der Waals surface area contributed by atoms with E-state index < -0.39 is 10.0 Å². The molecule has 2 rings (SSSR count). The Morgan fingerprint density at radius 2 is 2.39 bits per heavy atom. The molecule has 0 unspecified atom stereocenters. The van der Waals surface area contributed by atoms with E-state index in [2.05, 4.69) is 9.71 Å². The van der Waals surface area contributed by atoms with Gasteiger partial charge in [-0.3, -0.25) is 0 Å². The summed E-state index contributed by atoms with van der Waals surface area (Å²) in [5.74, 6) is 0. The summed E-state index contributed by atoms with van der Waals surface area (Å²) in [6.45, 7) is 4.67. The molecule has 0 spiro atoms. The van der Waals surface area contributed by atoms with Crippen molar-refractivity contribution < 1.29 is 13.2 Å². The van der Waals surface area contributed by atoms with Gasteiger partial charge in [0, 0.05) is 24.2 Å². The Morgan fingerprint density at radius 1 is 1.61 bits per heavy atom. The number of nitrogens with one attached hydrogen (secondary N) is 1. The highest BCUT2D eigenvalue weighted by atomic mass is 32.2. The molecule has 1 aromatic heterocycles. The van der Waals surface area contributed by atoms with Crippen LogP contribution >= 0.6 is 11.3 Å². The minimum absolute atomic E-state index is 0.0194. The van der Waals surface area contributed by atoms with E-state index in [1.807, 2.05) is 13.8 Å². The van der Waals surface area contributed by atoms with Gasteiger partial charge in [0.05, 0.1) is 16.4 Å². The van der Waals surface area contributed by atoms with Gasteiger partial charge < -0.3 is 4.74 Å². The Hall–Kier alpha value is -0.500. The van der Waals surface area contributed by atoms with Crippen molar-refractivity contribution in [2.45, 2.75) is 44.6 Å². The fourth-order valence-electron chi connectivity index (χ4n) is 2.02. The van der Waals surface area contributed by atoms with Gasteiger partial charge in [0.1, 0.15) is 0 Å². The average molecular weight is 290 g/mol. The summed E-state index contributed by atoms with van der Waals surface area (Å²) >= 11 is 1.51. The SMILES string of the molecule is Cc1ncc(CNS(=O)(=O)[C@H]2CCO[C@@H](C)C2)s1. The molecule has 2 atom stereocenters. The van der Waals surface area contributed by atoms with Crippen molar-refractivity contribution >= 4 is 21.4 Å². The number of aromatic nitrogens is 1. The van der Waals surface area contributed by atoms with Gasteiger partial charge in [-0.05, 0) is 26.7 Å². The smallest absolute Gasteiger partial charge is 0.214 e. The van der Waals surface area contributed by atoms with Gasteiger partial charge in [-0.25, -0.2) is 18.1 Å². The first-order valence-corrected chi connectivity index (χ1v) is 8.35. The molecule has 18 heavy (non-hydrogen) atoms. The van der Waals surface area contributed by atoms with Gasteiger partial charge in [-0.1, -0.05) is 0 Å². The normalized spacial score (nSPS) is 25.2. The highest BCUT2D eigenvalue weighted by Crippen LogP contribution is 2.20. The molecular formula is C11H18N2O3S2. The first-order chi connectivity index (χ1) is 8.47. The topological polar surface area (TPSA) is 68.3 Å². The Bertz CT molecular complexity index is 498. The lowest BCUT2D eigenvalue weighted by Gasteiger charge is -2.27. The number of nitrogens with zero attached hydrogens (tertiary/aromatic N) is 1. The van der Waals surface area contributed by atoms with E-state index in [-0.39, 0.29) is 11.4 Å². The number of ether oxygens (including phenoxy) is 1. The van der Waals surface area contributed by atoms with Gasteiger partial charge in [-0.2, -0.15) is 0 Å². The Kier molecular flexibility index (Phi) is 4.37. The van der Waals surface area contributed by atoms with Gasteiger partial charge in [0.2, 0.25) is 10.0 Å². The van der Waals surface area contributed by atoms with Crippen molar-refractivity contribution in [2.24, 2.45) is 0 Å². The molecule has 0 aromatic carbocycles. The van der Waals surface area contributed by atoms with E-state index in [4.69, 9.17) is 4.74 Å². The molecule has 5 nitrogen and oxygen atoms in total. The van der Waals surface area contributed by atoms with Crippen molar-refractivity contribution in [2.75, 3.05) is 6.61 Å². The maximum absolute atomic E-state index is 12.1. The van der Waals surface area contributed by atoms with Crippen LogP contribution in [0.4, 0.5) is 0 Å². The van der Waals surface area contributed by atoms with Crippen molar-refractivity contribution in [3.8, 4) is 0 Å². The van der Waals surface area contributed by atoms with Crippen LogP contribution in [-0.2, 0) is 21.3 Å². The molecule has 102 valence electrons. The maximum Gasteiger partial charge on any atom is 0.214 e. The Labute approximate surface area is 112 Å². The van der Waals surface area contributed by atoms with Crippen LogP contribution in [0.15, 0.2) is 6.20 Å². The molecule has 1 saturated heterocycles. The van der Waals surface area contributed by atoms with Crippen LogP contribution in [0, 0.1) is 6.92 Å². The highest BCUT2D eigenvalue weighted by molar-refractivity contribution is 7.90. The standard InChI is InChI=1S/C11H18N2O3S2/c1-8-5-11(3-4-16-8)18(14,15)13-7-10-6-12-9(2)17-10/h6,8,11,13H,3-5,7H2,1-2H3/t8-,11-/m0/s1. The monoisotopic (exact) mass is 290 g/mol. The van der Waals surface area contributed by atoms with Crippen LogP contribution in [0.1, 0.15) is 29.7 Å². The molecule has 0 bridgehead atoms. The van der Waals surface area contributed by atoms with Crippen molar-refractivity contribution in [3.05, 3.63) is 16.1 Å². The van der Waals surface area contributed by atoms with Crippen LogP contribution in [0.25, 0.3) is 0 Å². The number of rotatable bonds is 4. The maximum atomic E-state index is 12.1. The average Bonchev–Trinajstić information content (AvgIpc) is 2.73. The van der Waals surface area contributed by atoms with Crippen molar-refractivity contribution in [1.82, 2.24) is 9.71 Å². The molecule has 1 N–H and O–H groups in total. The minimum atomic E-state index is -3.26. The van der Waals surface area contributed by atoms with E-state index in [0.29, 0.717) is 26.0 Å². The molecule has 7 heteroatoms. The largest absolute Gasteiger partial charge is 0.378 e. The third-order valence-corrected chi connectivity index (χ3v) is 5.76. The van der Waals surface area contributed by atoms with Crippen LogP contribution in [-0.4, -0.2) is 31.4 Å². The summed E-state index contributed by atoms with van der Waals surface area (Å²) in [6, 6.07) is 0. The first kappa shape index (κ1) is 13.9. The lowest BCUT2D eigenvalue weighted by molar-refractivity contribution is 0.0299. The molecule has 1 fully saturated rings. The molecule has 0 aliphatic carbocycles. The molecule has 0 saturated carbocycles. The van der Waals surface area contributed by atoms with Crippen molar-refractivity contribution in [1.29, 1.82) is 0 Å². The molecule has 1 aromatic rings. The highest BCUT2D eigenvalue weighted by Gasteiger charge is 2.30. The lowest BCUT2D eigenvalue weighted by atomic mass is 10.1. The van der Waals surface area contributed by atoms with E-state index in [1.54, 1.807) is 6.20 Å². The lowest BCUT2D eigenvalue weighted by Crippen LogP contribution is -2.39. The Balaban J connectivity index is 1.94. The van der Waals surface area contributed by atoms with E-state index in [1.165, 1.54) is 11.3 Å². The zero-order valence-electron chi connectivity index (χ0n) is 10.5. The molecular weight excluding hydrogens is 272 g/mol. The van der Waals surface area contributed by atoms with E-state index >= 15 is 0 Å². The second-order valence-electron chi connectivity index (χ2n) is 4.54. The van der Waals surface area contributed by atoms with Gasteiger partial charge >= 0.3 is 0 Å². The van der Waals surface area contributed by atoms with Gasteiger partial charge in [-0.15, -0.1) is 11.3 Å². The zero-order chi connectivity index (χ0) is 13.2. The number of hydrogen-bond acceptors (Lipinski definition) is 5. The number of thiazole rings is 1. The predicted octanol–water partition coefficient (Wildman–Crippen LogP) is 1.44. The van der Waals surface area contributed by atoms with Crippen LogP contribution in [0.3, 0.4) is 0 Å². The molecule has 2 heterocycles. The second-order valence-corrected chi connectivity index (χ2v) is 7.90. The fraction of sp³-hybridized carbons (Fsp3) is 0.727. The molecule has 0 radical (unpaired) electrons.